The van der Waals surface area contributed by atoms with E-state index >= 15 is 0 Å². The number of aryl methyl sites for hydroxylation is 2. The van der Waals surface area contributed by atoms with E-state index in [0.29, 0.717) is 17.7 Å². The highest BCUT2D eigenvalue weighted by Gasteiger charge is 2.17. The molecule has 0 bridgehead atoms. The van der Waals surface area contributed by atoms with Crippen LogP contribution in [0.15, 0.2) is 34.7 Å². The molecule has 104 valence electrons. The predicted octanol–water partition coefficient (Wildman–Crippen LogP) is 3.10. The van der Waals surface area contributed by atoms with Crippen molar-refractivity contribution >= 4 is 17.6 Å². The fourth-order valence-electron chi connectivity index (χ4n) is 1.93. The Balaban J connectivity index is 2.28. The van der Waals surface area contributed by atoms with Crippen molar-refractivity contribution in [3.63, 3.8) is 0 Å². The van der Waals surface area contributed by atoms with Crippen LogP contribution in [0.4, 0.5) is 5.69 Å². The van der Waals surface area contributed by atoms with Gasteiger partial charge in [0.2, 0.25) is 0 Å². The molecule has 1 aromatic carbocycles. The van der Waals surface area contributed by atoms with Crippen molar-refractivity contribution in [2.45, 2.75) is 20.3 Å². The van der Waals surface area contributed by atoms with Gasteiger partial charge in [-0.2, -0.15) is 0 Å². The van der Waals surface area contributed by atoms with E-state index in [4.69, 9.17) is 4.42 Å². The third-order valence-electron chi connectivity index (χ3n) is 2.97. The number of hydrogen-bond acceptors (Lipinski definition) is 3. The zero-order valence-corrected chi connectivity index (χ0v) is 11.3. The second-order valence-electron chi connectivity index (χ2n) is 4.38. The SMILES string of the molecule is CCc1ccc(C(=O)Nc2cccc(C)c2C(=O)O)o1. The van der Waals surface area contributed by atoms with Gasteiger partial charge in [0.15, 0.2) is 5.76 Å². The minimum absolute atomic E-state index is 0.0862. The number of anilines is 1. The van der Waals surface area contributed by atoms with Crippen LogP contribution in [0.5, 0.6) is 0 Å². The molecule has 0 fully saturated rings. The van der Waals surface area contributed by atoms with E-state index in [2.05, 4.69) is 5.32 Å². The lowest BCUT2D eigenvalue weighted by Gasteiger charge is -2.09. The maximum absolute atomic E-state index is 12.0. The molecule has 1 aromatic heterocycles. The van der Waals surface area contributed by atoms with Crippen LogP contribution >= 0.6 is 0 Å². The number of carbonyl (C=O) groups is 2. The number of furan rings is 1. The number of nitrogens with one attached hydrogen (secondary N) is 1. The molecule has 0 radical (unpaired) electrons. The molecule has 0 unspecified atom stereocenters. The molecule has 20 heavy (non-hydrogen) atoms. The summed E-state index contributed by atoms with van der Waals surface area (Å²) >= 11 is 0. The number of carboxylic acid groups (broad SMARTS) is 1. The zero-order chi connectivity index (χ0) is 14.7. The monoisotopic (exact) mass is 273 g/mol. The molecule has 0 aliphatic rings. The van der Waals surface area contributed by atoms with Gasteiger partial charge in [-0.05, 0) is 30.7 Å². The molecule has 0 aliphatic heterocycles. The maximum atomic E-state index is 12.0. The summed E-state index contributed by atoms with van der Waals surface area (Å²) < 4.78 is 5.34. The van der Waals surface area contributed by atoms with Gasteiger partial charge in [0.05, 0.1) is 11.3 Å². The van der Waals surface area contributed by atoms with E-state index in [-0.39, 0.29) is 17.0 Å². The Hall–Kier alpha value is -2.56. The van der Waals surface area contributed by atoms with Crippen LogP contribution in [-0.2, 0) is 6.42 Å². The second kappa shape index (κ2) is 5.61. The Morgan fingerprint density at radius 1 is 1.25 bits per heavy atom. The Morgan fingerprint density at radius 3 is 2.60 bits per heavy atom. The van der Waals surface area contributed by atoms with Crippen LogP contribution in [0.25, 0.3) is 0 Å². The Labute approximate surface area is 116 Å². The van der Waals surface area contributed by atoms with Crippen molar-refractivity contribution in [3.05, 3.63) is 53.0 Å². The molecule has 5 nitrogen and oxygen atoms in total. The van der Waals surface area contributed by atoms with Gasteiger partial charge in [-0.15, -0.1) is 0 Å². The molecule has 0 aliphatic carbocycles. The van der Waals surface area contributed by atoms with Crippen molar-refractivity contribution in [1.29, 1.82) is 0 Å². The minimum Gasteiger partial charge on any atom is -0.478 e. The largest absolute Gasteiger partial charge is 0.478 e. The average molecular weight is 273 g/mol. The van der Waals surface area contributed by atoms with Crippen molar-refractivity contribution in [3.8, 4) is 0 Å². The highest BCUT2D eigenvalue weighted by molar-refractivity contribution is 6.06. The lowest BCUT2D eigenvalue weighted by Crippen LogP contribution is -2.15. The van der Waals surface area contributed by atoms with Gasteiger partial charge in [0, 0.05) is 6.42 Å². The number of carboxylic acids is 1. The fourth-order valence-corrected chi connectivity index (χ4v) is 1.93. The fraction of sp³-hybridized carbons (Fsp3) is 0.200. The van der Waals surface area contributed by atoms with E-state index in [1.807, 2.05) is 6.92 Å². The molecule has 2 aromatic rings. The first-order valence-corrected chi connectivity index (χ1v) is 6.26. The van der Waals surface area contributed by atoms with E-state index in [1.54, 1.807) is 37.3 Å². The van der Waals surface area contributed by atoms with Gasteiger partial charge in [-0.25, -0.2) is 4.79 Å². The first kappa shape index (κ1) is 13.9. The second-order valence-corrected chi connectivity index (χ2v) is 4.38. The summed E-state index contributed by atoms with van der Waals surface area (Å²) in [5.41, 5.74) is 0.934. The van der Waals surface area contributed by atoms with E-state index in [9.17, 15) is 14.7 Å². The minimum atomic E-state index is -1.08. The van der Waals surface area contributed by atoms with Crippen LogP contribution < -0.4 is 5.32 Å². The molecule has 2 N–H and O–H groups in total. The number of amides is 1. The van der Waals surface area contributed by atoms with E-state index in [1.165, 1.54) is 0 Å². The van der Waals surface area contributed by atoms with Gasteiger partial charge in [0.1, 0.15) is 5.76 Å². The molecule has 1 amide bonds. The van der Waals surface area contributed by atoms with Crippen molar-refractivity contribution in [2.75, 3.05) is 5.32 Å². The number of rotatable bonds is 4. The van der Waals surface area contributed by atoms with Crippen molar-refractivity contribution < 1.29 is 19.1 Å². The van der Waals surface area contributed by atoms with Crippen LogP contribution in [0.2, 0.25) is 0 Å². The van der Waals surface area contributed by atoms with Crippen LogP contribution in [-0.4, -0.2) is 17.0 Å². The van der Waals surface area contributed by atoms with E-state index < -0.39 is 11.9 Å². The summed E-state index contributed by atoms with van der Waals surface area (Å²) in [6.45, 7) is 3.60. The summed E-state index contributed by atoms with van der Waals surface area (Å²) in [5, 5.41) is 11.8. The molecule has 0 spiro atoms. The van der Waals surface area contributed by atoms with Crippen molar-refractivity contribution in [1.82, 2.24) is 0 Å². The molecular weight excluding hydrogens is 258 g/mol. The standard InChI is InChI=1S/C15H15NO4/c1-3-10-7-8-12(20-10)14(17)16-11-6-4-5-9(2)13(11)15(18)19/h4-8H,3H2,1-2H3,(H,16,17)(H,18,19). The molecule has 0 atom stereocenters. The molecule has 2 rings (SSSR count). The molecule has 5 heteroatoms. The molecule has 0 saturated carbocycles. The summed E-state index contributed by atoms with van der Waals surface area (Å²) in [6, 6.07) is 8.23. The summed E-state index contributed by atoms with van der Waals surface area (Å²) in [7, 11) is 0. The zero-order valence-electron chi connectivity index (χ0n) is 11.3. The molecular formula is C15H15NO4. The third-order valence-corrected chi connectivity index (χ3v) is 2.97. The van der Waals surface area contributed by atoms with Crippen LogP contribution in [0.3, 0.4) is 0 Å². The first-order valence-electron chi connectivity index (χ1n) is 6.26. The normalized spacial score (nSPS) is 10.3. The number of hydrogen-bond donors (Lipinski definition) is 2. The topological polar surface area (TPSA) is 79.5 Å². The highest BCUT2D eigenvalue weighted by atomic mass is 16.4. The summed E-state index contributed by atoms with van der Waals surface area (Å²) in [4.78, 5) is 23.3. The van der Waals surface area contributed by atoms with Gasteiger partial charge < -0.3 is 14.8 Å². The molecule has 0 saturated heterocycles. The first-order chi connectivity index (χ1) is 9.52. The average Bonchev–Trinajstić information content (AvgIpc) is 2.87. The number of carbonyl (C=O) groups excluding carboxylic acids is 1. The highest BCUT2D eigenvalue weighted by Crippen LogP contribution is 2.20. The number of aromatic carboxylic acids is 1. The van der Waals surface area contributed by atoms with Gasteiger partial charge in [0.25, 0.3) is 5.91 Å². The van der Waals surface area contributed by atoms with Gasteiger partial charge in [-0.3, -0.25) is 4.79 Å². The third kappa shape index (κ3) is 2.71. The summed E-state index contributed by atoms with van der Waals surface area (Å²) in [6.07, 6.45) is 0.693. The van der Waals surface area contributed by atoms with Crippen molar-refractivity contribution in [2.24, 2.45) is 0 Å². The van der Waals surface area contributed by atoms with Gasteiger partial charge >= 0.3 is 5.97 Å². The van der Waals surface area contributed by atoms with E-state index in [0.717, 1.165) is 0 Å². The Kier molecular flexibility index (Phi) is 3.89. The Morgan fingerprint density at radius 2 is 2.00 bits per heavy atom. The number of benzene rings is 1. The van der Waals surface area contributed by atoms with Crippen LogP contribution in [0, 0.1) is 6.92 Å². The van der Waals surface area contributed by atoms with Gasteiger partial charge in [-0.1, -0.05) is 19.1 Å². The predicted molar refractivity (Wildman–Crippen MR) is 74.2 cm³/mol. The quantitative estimate of drug-likeness (QED) is 0.897. The lowest BCUT2D eigenvalue weighted by atomic mass is 10.1. The lowest BCUT2D eigenvalue weighted by molar-refractivity contribution is 0.0697. The van der Waals surface area contributed by atoms with Crippen LogP contribution in [0.1, 0.15) is 39.2 Å². The molecule has 1 heterocycles. The Bertz CT molecular complexity index is 658. The summed E-state index contributed by atoms with van der Waals surface area (Å²) in [5.74, 6) is -0.664. The smallest absolute Gasteiger partial charge is 0.338 e. The maximum Gasteiger partial charge on any atom is 0.338 e.